The van der Waals surface area contributed by atoms with Crippen molar-refractivity contribution in [1.29, 1.82) is 0 Å². The van der Waals surface area contributed by atoms with E-state index in [2.05, 4.69) is 56.9 Å². The highest BCUT2D eigenvalue weighted by atomic mass is 32.2. The van der Waals surface area contributed by atoms with E-state index in [1.54, 1.807) is 5.57 Å². The summed E-state index contributed by atoms with van der Waals surface area (Å²) in [6, 6.07) is 0. The summed E-state index contributed by atoms with van der Waals surface area (Å²) >= 11 is 4.39. The van der Waals surface area contributed by atoms with Gasteiger partial charge in [-0.15, -0.1) is 23.5 Å². The normalized spacial score (nSPS) is 49.6. The number of carbonyl (C=O) groups is 1. The van der Waals surface area contributed by atoms with Gasteiger partial charge in [0.25, 0.3) is 0 Å². The van der Waals surface area contributed by atoms with Gasteiger partial charge in [0.2, 0.25) is 0 Å². The lowest BCUT2D eigenvalue weighted by atomic mass is 9.45. The highest BCUT2D eigenvalue weighted by Gasteiger charge is 2.61. The van der Waals surface area contributed by atoms with Gasteiger partial charge in [-0.05, 0) is 61.2 Å². The SMILES string of the molecule is C=C1C[C@]2(C)C(=O)CC[C@H]2[C@@H]2CCC3=CC4(SCCS4)C(C)C[C@]3(C)[C@@H]12. The van der Waals surface area contributed by atoms with Crippen LogP contribution in [0.5, 0.6) is 0 Å². The lowest BCUT2D eigenvalue weighted by Crippen LogP contribution is -2.53. The van der Waals surface area contributed by atoms with Gasteiger partial charge in [0.15, 0.2) is 0 Å². The summed E-state index contributed by atoms with van der Waals surface area (Å²) < 4.78 is 0.343. The van der Waals surface area contributed by atoms with Gasteiger partial charge in [-0.1, -0.05) is 44.6 Å². The van der Waals surface area contributed by atoms with Crippen molar-refractivity contribution >= 4 is 29.3 Å². The second kappa shape index (κ2) is 5.69. The lowest BCUT2D eigenvalue weighted by Gasteiger charge is -2.60. The van der Waals surface area contributed by atoms with Crippen LogP contribution in [0.15, 0.2) is 23.8 Å². The predicted molar refractivity (Wildman–Crippen MR) is 113 cm³/mol. The molecule has 0 aromatic carbocycles. The van der Waals surface area contributed by atoms with Gasteiger partial charge < -0.3 is 0 Å². The highest BCUT2D eigenvalue weighted by Crippen LogP contribution is 2.69. The smallest absolute Gasteiger partial charge is 0.139 e. The summed E-state index contributed by atoms with van der Waals surface area (Å²) in [5.41, 5.74) is 3.30. The standard InChI is InChI=1S/C23H32OS2/c1-14-11-22(4)18(7-8-19(22)24)17-6-5-16-13-23(25-9-10-26-23)15(2)12-21(16,3)20(14)17/h13,15,17-18,20H,1,5-12H2,2-4H3/t15?,17-,18-,20-,21-,22-/m0/s1. The Labute approximate surface area is 167 Å². The zero-order chi connectivity index (χ0) is 18.3. The van der Waals surface area contributed by atoms with Gasteiger partial charge in [0, 0.05) is 23.3 Å². The summed E-state index contributed by atoms with van der Waals surface area (Å²) in [6.45, 7) is 11.9. The molecule has 142 valence electrons. The van der Waals surface area contributed by atoms with Gasteiger partial charge in [-0.3, -0.25) is 4.79 Å². The van der Waals surface area contributed by atoms with Crippen LogP contribution in [0.3, 0.4) is 0 Å². The van der Waals surface area contributed by atoms with E-state index in [0.717, 1.165) is 25.2 Å². The molecule has 6 atom stereocenters. The third kappa shape index (κ3) is 2.16. The summed E-state index contributed by atoms with van der Waals surface area (Å²) in [5.74, 6) is 5.73. The van der Waals surface area contributed by atoms with Crippen molar-refractivity contribution in [3.8, 4) is 0 Å². The first-order valence-electron chi connectivity index (χ1n) is 10.5. The van der Waals surface area contributed by atoms with Crippen molar-refractivity contribution in [2.24, 2.45) is 34.5 Å². The number of Topliss-reactive ketones (excluding diaryl/α,β-unsaturated/α-hetero) is 1. The summed E-state index contributed by atoms with van der Waals surface area (Å²) in [4.78, 5) is 12.7. The van der Waals surface area contributed by atoms with Crippen LogP contribution in [-0.4, -0.2) is 21.4 Å². The Morgan fingerprint density at radius 1 is 1.12 bits per heavy atom. The molecule has 5 aliphatic rings. The van der Waals surface area contributed by atoms with Crippen LogP contribution in [0, 0.1) is 34.5 Å². The fourth-order valence-corrected chi connectivity index (χ4v) is 11.0. The second-order valence-electron chi connectivity index (χ2n) is 10.1. The number of thioether (sulfide) groups is 2. The zero-order valence-corrected chi connectivity index (χ0v) is 18.1. The van der Waals surface area contributed by atoms with E-state index in [1.807, 2.05) is 0 Å². The largest absolute Gasteiger partial charge is 0.299 e. The third-order valence-corrected chi connectivity index (χ3v) is 12.5. The molecule has 26 heavy (non-hydrogen) atoms. The summed E-state index contributed by atoms with van der Waals surface area (Å²) in [5, 5.41) is 0. The van der Waals surface area contributed by atoms with Gasteiger partial charge in [0.05, 0.1) is 4.08 Å². The van der Waals surface area contributed by atoms with Crippen LogP contribution < -0.4 is 0 Å². The number of carbonyl (C=O) groups excluding carboxylic acids is 1. The molecular formula is C23H32OS2. The van der Waals surface area contributed by atoms with Crippen LogP contribution in [0.4, 0.5) is 0 Å². The Kier molecular flexibility index (Phi) is 3.92. The summed E-state index contributed by atoms with van der Waals surface area (Å²) in [7, 11) is 0. The molecule has 0 bridgehead atoms. The van der Waals surface area contributed by atoms with Gasteiger partial charge in [0.1, 0.15) is 5.78 Å². The fourth-order valence-electron chi connectivity index (χ4n) is 7.70. The van der Waals surface area contributed by atoms with Crippen LogP contribution >= 0.6 is 23.5 Å². The maximum absolute atomic E-state index is 12.7. The monoisotopic (exact) mass is 388 g/mol. The topological polar surface area (TPSA) is 17.1 Å². The molecule has 3 saturated carbocycles. The number of ketones is 1. The predicted octanol–water partition coefficient (Wildman–Crippen LogP) is 6.11. The molecule has 0 amide bonds. The first-order valence-corrected chi connectivity index (χ1v) is 12.5. The maximum Gasteiger partial charge on any atom is 0.139 e. The van der Waals surface area contributed by atoms with Crippen molar-refractivity contribution in [2.75, 3.05) is 11.5 Å². The Morgan fingerprint density at radius 2 is 1.85 bits per heavy atom. The molecule has 1 unspecified atom stereocenters. The average molecular weight is 389 g/mol. The fraction of sp³-hybridized carbons (Fsp3) is 0.783. The number of allylic oxidation sites excluding steroid dienone is 2. The molecule has 4 aliphatic carbocycles. The molecule has 1 aliphatic heterocycles. The first kappa shape index (κ1) is 17.9. The quantitative estimate of drug-likeness (QED) is 0.466. The molecular weight excluding hydrogens is 356 g/mol. The van der Waals surface area contributed by atoms with Crippen molar-refractivity contribution in [2.45, 2.75) is 63.4 Å². The van der Waals surface area contributed by atoms with Gasteiger partial charge in [-0.2, -0.15) is 0 Å². The number of hydrogen-bond donors (Lipinski definition) is 0. The number of fused-ring (bicyclic) bond motifs is 5. The van der Waals surface area contributed by atoms with Crippen LogP contribution in [0.25, 0.3) is 0 Å². The molecule has 0 aromatic rings. The Morgan fingerprint density at radius 3 is 2.58 bits per heavy atom. The highest BCUT2D eigenvalue weighted by molar-refractivity contribution is 8.21. The Hall–Kier alpha value is -0.150. The third-order valence-electron chi connectivity index (χ3n) is 8.82. The molecule has 0 aromatic heterocycles. The lowest BCUT2D eigenvalue weighted by molar-refractivity contribution is -0.129. The maximum atomic E-state index is 12.7. The van der Waals surface area contributed by atoms with E-state index in [-0.39, 0.29) is 10.8 Å². The van der Waals surface area contributed by atoms with E-state index in [9.17, 15) is 4.79 Å². The zero-order valence-electron chi connectivity index (χ0n) is 16.5. The Balaban J connectivity index is 1.56. The van der Waals surface area contributed by atoms with E-state index >= 15 is 0 Å². The minimum absolute atomic E-state index is 0.103. The minimum atomic E-state index is -0.103. The van der Waals surface area contributed by atoms with Gasteiger partial charge in [-0.25, -0.2) is 0 Å². The molecule has 1 nitrogen and oxygen atoms in total. The second-order valence-corrected chi connectivity index (χ2v) is 13.1. The Bertz CT molecular complexity index is 703. The summed E-state index contributed by atoms with van der Waals surface area (Å²) in [6.07, 6.45) is 9.42. The first-order chi connectivity index (χ1) is 12.3. The molecule has 3 heteroatoms. The van der Waals surface area contributed by atoms with Crippen LogP contribution in [-0.2, 0) is 4.79 Å². The molecule has 1 heterocycles. The van der Waals surface area contributed by atoms with Crippen LogP contribution in [0.1, 0.15) is 59.3 Å². The molecule has 0 radical (unpaired) electrons. The molecule has 1 spiro atoms. The molecule has 5 rings (SSSR count). The molecule has 0 N–H and O–H groups in total. The van der Waals surface area contributed by atoms with Crippen molar-refractivity contribution in [3.05, 3.63) is 23.8 Å². The van der Waals surface area contributed by atoms with Crippen molar-refractivity contribution < 1.29 is 4.79 Å². The van der Waals surface area contributed by atoms with Crippen LogP contribution in [0.2, 0.25) is 0 Å². The number of hydrogen-bond acceptors (Lipinski definition) is 3. The number of rotatable bonds is 0. The van der Waals surface area contributed by atoms with E-state index in [4.69, 9.17) is 0 Å². The van der Waals surface area contributed by atoms with E-state index < -0.39 is 0 Å². The minimum Gasteiger partial charge on any atom is -0.299 e. The van der Waals surface area contributed by atoms with E-state index in [1.165, 1.54) is 36.3 Å². The van der Waals surface area contributed by atoms with E-state index in [0.29, 0.717) is 27.6 Å². The van der Waals surface area contributed by atoms with Crippen molar-refractivity contribution in [3.63, 3.8) is 0 Å². The van der Waals surface area contributed by atoms with Crippen molar-refractivity contribution in [1.82, 2.24) is 0 Å². The average Bonchev–Trinajstić information content (AvgIpc) is 3.15. The molecule has 1 saturated heterocycles. The van der Waals surface area contributed by atoms with Gasteiger partial charge >= 0.3 is 0 Å². The molecule has 4 fully saturated rings.